The molecular formula is C30H46FN5O. The van der Waals surface area contributed by atoms with Gasteiger partial charge >= 0.3 is 6.04 Å². The van der Waals surface area contributed by atoms with Gasteiger partial charge in [-0.1, -0.05) is 52.3 Å². The van der Waals surface area contributed by atoms with Crippen LogP contribution in [0, 0.1) is 13.8 Å². The highest BCUT2D eigenvalue weighted by Gasteiger charge is 2.45. The molecule has 2 aliphatic rings. The minimum atomic E-state index is -1.21. The molecule has 1 spiro atoms. The third kappa shape index (κ3) is 8.92. The fourth-order valence-corrected chi connectivity index (χ4v) is 4.59. The van der Waals surface area contributed by atoms with Gasteiger partial charge in [-0.3, -0.25) is 14.5 Å². The van der Waals surface area contributed by atoms with Gasteiger partial charge < -0.3 is 10.2 Å². The van der Waals surface area contributed by atoms with E-state index in [2.05, 4.69) is 65.3 Å². The van der Waals surface area contributed by atoms with Crippen LogP contribution in [0.5, 0.6) is 0 Å². The van der Waals surface area contributed by atoms with Crippen molar-refractivity contribution in [1.82, 2.24) is 20.1 Å². The zero-order chi connectivity index (χ0) is 27.4. The summed E-state index contributed by atoms with van der Waals surface area (Å²) in [4.78, 5) is 16.4. The van der Waals surface area contributed by atoms with Gasteiger partial charge in [0.25, 0.3) is 0 Å². The molecule has 2 aromatic heterocycles. The Hall–Kier alpha value is -2.80. The number of nitrogens with zero attached hydrogens (tertiary/aromatic N) is 4. The molecule has 1 saturated carbocycles. The van der Waals surface area contributed by atoms with Gasteiger partial charge in [0.15, 0.2) is 0 Å². The Balaban J connectivity index is 0.000000216. The van der Waals surface area contributed by atoms with Gasteiger partial charge in [0.05, 0.1) is 5.52 Å². The Labute approximate surface area is 222 Å². The number of hydrogen-bond donors (Lipinski definition) is 1. The summed E-state index contributed by atoms with van der Waals surface area (Å²) in [5.41, 5.74) is 6.88. The fraction of sp³-hybridized carbons (Fsp3) is 0.567. The SMILES string of the molecule is CC.CCCC(=O)F.CCCc1c(N2CCNC3(CC3)C2)ccnc1C.Cc1cccc2cn(C)nc12. The predicted octanol–water partition coefficient (Wildman–Crippen LogP) is 6.48. The van der Waals surface area contributed by atoms with Crippen LogP contribution in [-0.2, 0) is 18.3 Å². The summed E-state index contributed by atoms with van der Waals surface area (Å²) in [6.45, 7) is 15.6. The van der Waals surface area contributed by atoms with Gasteiger partial charge in [0, 0.05) is 67.8 Å². The topological polar surface area (TPSA) is 63.1 Å². The van der Waals surface area contributed by atoms with E-state index in [0.29, 0.717) is 12.0 Å². The van der Waals surface area contributed by atoms with E-state index in [0.717, 1.165) is 25.0 Å². The van der Waals surface area contributed by atoms with E-state index in [1.54, 1.807) is 6.92 Å². The lowest BCUT2D eigenvalue weighted by Gasteiger charge is -2.37. The van der Waals surface area contributed by atoms with E-state index in [-0.39, 0.29) is 6.42 Å². The number of anilines is 1. The van der Waals surface area contributed by atoms with E-state index >= 15 is 0 Å². The maximum atomic E-state index is 11.1. The van der Waals surface area contributed by atoms with Gasteiger partial charge in [-0.2, -0.15) is 9.49 Å². The summed E-state index contributed by atoms with van der Waals surface area (Å²) >= 11 is 0. The van der Waals surface area contributed by atoms with E-state index in [1.807, 2.05) is 38.0 Å². The van der Waals surface area contributed by atoms with Crippen LogP contribution in [0.15, 0.2) is 36.7 Å². The van der Waals surface area contributed by atoms with Crippen LogP contribution < -0.4 is 10.2 Å². The number of hydrogen-bond acceptors (Lipinski definition) is 5. The normalized spacial score (nSPS) is 15.1. The van der Waals surface area contributed by atoms with Crippen molar-refractivity contribution < 1.29 is 9.18 Å². The van der Waals surface area contributed by atoms with Gasteiger partial charge in [-0.05, 0) is 56.7 Å². The number of pyridine rings is 1. The lowest BCUT2D eigenvalue weighted by molar-refractivity contribution is -0.129. The Bertz CT molecular complexity index is 1120. The number of piperazine rings is 1. The molecule has 2 fully saturated rings. The monoisotopic (exact) mass is 511 g/mol. The highest BCUT2D eigenvalue weighted by atomic mass is 19.1. The van der Waals surface area contributed by atoms with E-state index in [9.17, 15) is 9.18 Å². The Morgan fingerprint density at radius 3 is 2.43 bits per heavy atom. The molecule has 6 nitrogen and oxygen atoms in total. The molecule has 1 aromatic carbocycles. The van der Waals surface area contributed by atoms with Crippen molar-refractivity contribution in [3.05, 3.63) is 53.5 Å². The molecule has 7 heteroatoms. The molecule has 1 N–H and O–H groups in total. The van der Waals surface area contributed by atoms with E-state index < -0.39 is 6.04 Å². The molecule has 0 radical (unpaired) electrons. The van der Waals surface area contributed by atoms with Crippen molar-refractivity contribution in [2.45, 2.75) is 85.6 Å². The number of rotatable bonds is 5. The minimum Gasteiger partial charge on any atom is -0.368 e. The molecule has 0 amide bonds. The van der Waals surface area contributed by atoms with Crippen molar-refractivity contribution in [2.24, 2.45) is 7.05 Å². The zero-order valence-electron chi connectivity index (χ0n) is 23.9. The largest absolute Gasteiger partial charge is 0.368 e. The molecule has 3 aromatic rings. The van der Waals surface area contributed by atoms with Crippen molar-refractivity contribution in [1.29, 1.82) is 0 Å². The molecule has 1 saturated heterocycles. The zero-order valence-corrected chi connectivity index (χ0v) is 23.9. The average molecular weight is 512 g/mol. The molecule has 0 atom stereocenters. The second-order valence-corrected chi connectivity index (χ2v) is 9.69. The van der Waals surface area contributed by atoms with Crippen LogP contribution in [0.2, 0.25) is 0 Å². The number of carbonyl (C=O) groups is 1. The molecule has 5 rings (SSSR count). The Morgan fingerprint density at radius 2 is 1.86 bits per heavy atom. The van der Waals surface area contributed by atoms with Crippen LogP contribution in [0.3, 0.4) is 0 Å². The van der Waals surface area contributed by atoms with Crippen molar-refractivity contribution in [3.8, 4) is 0 Å². The Kier molecular flexibility index (Phi) is 12.2. The van der Waals surface area contributed by atoms with Crippen molar-refractivity contribution in [3.63, 3.8) is 0 Å². The van der Waals surface area contributed by atoms with Gasteiger partial charge in [-0.15, -0.1) is 0 Å². The number of aromatic nitrogens is 3. The molecule has 37 heavy (non-hydrogen) atoms. The number of fused-ring (bicyclic) bond motifs is 1. The van der Waals surface area contributed by atoms with Gasteiger partial charge in [0.2, 0.25) is 0 Å². The summed E-state index contributed by atoms with van der Waals surface area (Å²) in [5.74, 6) is 0. The molecular weight excluding hydrogens is 465 g/mol. The quantitative estimate of drug-likeness (QED) is 0.398. The number of nitrogens with one attached hydrogen (secondary N) is 1. The van der Waals surface area contributed by atoms with E-state index in [4.69, 9.17) is 0 Å². The highest BCUT2D eigenvalue weighted by Crippen LogP contribution is 2.39. The molecule has 0 unspecified atom stereocenters. The Morgan fingerprint density at radius 1 is 1.14 bits per heavy atom. The van der Waals surface area contributed by atoms with Crippen LogP contribution in [0.25, 0.3) is 10.9 Å². The first-order valence-corrected chi connectivity index (χ1v) is 13.8. The first kappa shape index (κ1) is 30.4. The highest BCUT2D eigenvalue weighted by molar-refractivity contribution is 5.81. The van der Waals surface area contributed by atoms with Gasteiger partial charge in [0.1, 0.15) is 0 Å². The third-order valence-corrected chi connectivity index (χ3v) is 6.62. The summed E-state index contributed by atoms with van der Waals surface area (Å²) in [7, 11) is 1.94. The minimum absolute atomic E-state index is 0.0694. The number of carbonyl (C=O) groups excluding carboxylic acids is 1. The number of aryl methyl sites for hydroxylation is 3. The van der Waals surface area contributed by atoms with Crippen LogP contribution in [0.4, 0.5) is 10.1 Å². The second kappa shape index (κ2) is 14.8. The summed E-state index contributed by atoms with van der Waals surface area (Å²) < 4.78 is 12.9. The molecule has 3 heterocycles. The summed E-state index contributed by atoms with van der Waals surface area (Å²) in [6, 6.07) is 7.21. The van der Waals surface area contributed by atoms with E-state index in [1.165, 1.54) is 53.7 Å². The molecule has 204 valence electrons. The van der Waals surface area contributed by atoms with Gasteiger partial charge in [-0.25, -0.2) is 0 Å². The number of halogens is 1. The molecule has 0 bridgehead atoms. The molecule has 1 aliphatic carbocycles. The summed E-state index contributed by atoms with van der Waals surface area (Å²) in [6.07, 6.45) is 9.69. The molecule has 1 aliphatic heterocycles. The smallest absolute Gasteiger partial charge is 0.301 e. The third-order valence-electron chi connectivity index (χ3n) is 6.62. The number of benzene rings is 1. The maximum absolute atomic E-state index is 11.1. The maximum Gasteiger partial charge on any atom is 0.301 e. The van der Waals surface area contributed by atoms with Crippen molar-refractivity contribution >= 4 is 22.6 Å². The van der Waals surface area contributed by atoms with Crippen LogP contribution >= 0.6 is 0 Å². The second-order valence-electron chi connectivity index (χ2n) is 9.69. The lowest BCUT2D eigenvalue weighted by atomic mass is 10.0. The predicted molar refractivity (Wildman–Crippen MR) is 153 cm³/mol. The van der Waals surface area contributed by atoms with Crippen LogP contribution in [0.1, 0.15) is 76.6 Å². The van der Waals surface area contributed by atoms with Crippen molar-refractivity contribution in [2.75, 3.05) is 24.5 Å². The first-order chi connectivity index (χ1) is 17.8. The standard InChI is InChI=1S/C15H23N3.C9H10N2.C4H7FO.C2H6/c1-3-4-13-12(2)16-8-5-14(13)18-10-9-17-15(11-18)6-7-15;1-7-4-3-5-8-6-11(2)10-9(7)8;1-2-3-4(5)6;1-2/h5,8,17H,3-4,6-7,9-11H2,1-2H3;3-6H,1-2H3;2-3H2,1H3;1-2H3. The van der Waals surface area contributed by atoms with Crippen LogP contribution in [-0.4, -0.2) is 46.0 Å². The average Bonchev–Trinajstić information content (AvgIpc) is 3.49. The lowest BCUT2D eigenvalue weighted by Crippen LogP contribution is -2.52. The first-order valence-electron chi connectivity index (χ1n) is 13.8. The summed E-state index contributed by atoms with van der Waals surface area (Å²) in [5, 5.41) is 9.22. The fourth-order valence-electron chi connectivity index (χ4n) is 4.59.